The average molecular weight is 296 g/mol. The van der Waals surface area contributed by atoms with Crippen LogP contribution in [0.15, 0.2) is 22.8 Å². The fraction of sp³-hybridized carbons (Fsp3) is 0.500. The lowest BCUT2D eigenvalue weighted by Gasteiger charge is -2.13. The van der Waals surface area contributed by atoms with E-state index in [0.717, 1.165) is 0 Å². The third kappa shape index (κ3) is 6.11. The molecule has 0 aromatic carbocycles. The summed E-state index contributed by atoms with van der Waals surface area (Å²) in [5.41, 5.74) is 0. The Balaban J connectivity index is 2.21. The first kappa shape index (κ1) is 16.7. The minimum absolute atomic E-state index is 0.159. The van der Waals surface area contributed by atoms with Crippen molar-refractivity contribution in [1.82, 2.24) is 10.6 Å². The Labute approximate surface area is 122 Å². The monoisotopic (exact) mass is 296 g/mol. The molecule has 1 unspecified atom stereocenters. The number of carboxylic acids is 1. The number of nitrogens with one attached hydrogen (secondary N) is 2. The van der Waals surface area contributed by atoms with E-state index >= 15 is 0 Å². The summed E-state index contributed by atoms with van der Waals surface area (Å²) in [5, 5.41) is 14.0. The molecule has 1 atom stereocenters. The molecule has 0 saturated heterocycles. The molecule has 2 amide bonds. The molecule has 1 aromatic heterocycles. The molecule has 1 aromatic rings. The van der Waals surface area contributed by atoms with Gasteiger partial charge in [0.15, 0.2) is 5.76 Å². The normalized spacial score (nSPS) is 11.7. The molecule has 1 rings (SSSR count). The zero-order valence-corrected chi connectivity index (χ0v) is 11.9. The Morgan fingerprint density at radius 3 is 2.71 bits per heavy atom. The Morgan fingerprint density at radius 1 is 1.38 bits per heavy atom. The largest absolute Gasteiger partial charge is 0.480 e. The lowest BCUT2D eigenvalue weighted by atomic mass is 10.1. The first-order valence-corrected chi connectivity index (χ1v) is 6.88. The van der Waals surface area contributed by atoms with Crippen LogP contribution in [0, 0.1) is 0 Å². The van der Waals surface area contributed by atoms with Gasteiger partial charge in [0.25, 0.3) is 5.91 Å². The van der Waals surface area contributed by atoms with Gasteiger partial charge in [-0.1, -0.05) is 13.3 Å². The van der Waals surface area contributed by atoms with Gasteiger partial charge in [0.2, 0.25) is 5.91 Å². The van der Waals surface area contributed by atoms with Crippen molar-refractivity contribution in [3.8, 4) is 0 Å². The van der Waals surface area contributed by atoms with Crippen molar-refractivity contribution in [2.75, 3.05) is 6.54 Å². The summed E-state index contributed by atoms with van der Waals surface area (Å²) >= 11 is 0. The number of aliphatic carboxylic acids is 1. The summed E-state index contributed by atoms with van der Waals surface area (Å²) in [5.74, 6) is -1.48. The molecule has 116 valence electrons. The van der Waals surface area contributed by atoms with Crippen molar-refractivity contribution in [3.63, 3.8) is 0 Å². The van der Waals surface area contributed by atoms with E-state index in [2.05, 4.69) is 10.6 Å². The third-order valence-electron chi connectivity index (χ3n) is 2.82. The Kier molecular flexibility index (Phi) is 7.00. The Morgan fingerprint density at radius 2 is 2.14 bits per heavy atom. The van der Waals surface area contributed by atoms with Crippen LogP contribution >= 0.6 is 0 Å². The van der Waals surface area contributed by atoms with Crippen LogP contribution in [-0.2, 0) is 9.59 Å². The number of amides is 2. The lowest BCUT2D eigenvalue weighted by molar-refractivity contribution is -0.142. The second kappa shape index (κ2) is 8.78. The van der Waals surface area contributed by atoms with Crippen LogP contribution in [0.4, 0.5) is 0 Å². The van der Waals surface area contributed by atoms with Gasteiger partial charge in [0.05, 0.1) is 6.26 Å². The van der Waals surface area contributed by atoms with Crippen LogP contribution in [0.1, 0.15) is 43.2 Å². The molecular weight excluding hydrogens is 276 g/mol. The van der Waals surface area contributed by atoms with Crippen molar-refractivity contribution in [1.29, 1.82) is 0 Å². The molecule has 0 saturated carbocycles. The van der Waals surface area contributed by atoms with Gasteiger partial charge < -0.3 is 20.2 Å². The van der Waals surface area contributed by atoms with E-state index in [-0.39, 0.29) is 24.0 Å². The molecule has 0 radical (unpaired) electrons. The number of carboxylic acid groups (broad SMARTS) is 1. The molecule has 7 heteroatoms. The molecule has 7 nitrogen and oxygen atoms in total. The SMILES string of the molecule is CCCC(NC(=O)CCCNC(=O)c1ccco1)C(=O)O. The molecule has 0 aliphatic heterocycles. The smallest absolute Gasteiger partial charge is 0.326 e. The minimum atomic E-state index is -1.03. The highest BCUT2D eigenvalue weighted by Crippen LogP contribution is 2.00. The zero-order chi connectivity index (χ0) is 15.7. The summed E-state index contributed by atoms with van der Waals surface area (Å²) in [6.45, 7) is 2.17. The highest BCUT2D eigenvalue weighted by Gasteiger charge is 2.18. The lowest BCUT2D eigenvalue weighted by Crippen LogP contribution is -2.40. The summed E-state index contributed by atoms with van der Waals surface area (Å²) < 4.78 is 4.92. The second-order valence-electron chi connectivity index (χ2n) is 4.58. The number of hydrogen-bond acceptors (Lipinski definition) is 4. The van der Waals surface area contributed by atoms with Crippen LogP contribution in [0.2, 0.25) is 0 Å². The Hall–Kier alpha value is -2.31. The Bertz CT molecular complexity index is 470. The summed E-state index contributed by atoms with van der Waals surface area (Å²) in [6, 6.07) is 2.31. The van der Waals surface area contributed by atoms with E-state index in [1.807, 2.05) is 6.92 Å². The second-order valence-corrected chi connectivity index (χ2v) is 4.58. The third-order valence-corrected chi connectivity index (χ3v) is 2.82. The predicted molar refractivity (Wildman–Crippen MR) is 74.7 cm³/mol. The number of hydrogen-bond donors (Lipinski definition) is 3. The van der Waals surface area contributed by atoms with E-state index in [0.29, 0.717) is 25.8 Å². The molecule has 3 N–H and O–H groups in total. The standard InChI is InChI=1S/C14H20N2O5/c1-2-5-10(14(19)20)16-12(17)7-3-8-15-13(18)11-6-4-9-21-11/h4,6,9-10H,2-3,5,7-8H2,1H3,(H,15,18)(H,16,17)(H,19,20). The first-order chi connectivity index (χ1) is 10.0. The molecular formula is C14H20N2O5. The van der Waals surface area contributed by atoms with Crippen LogP contribution < -0.4 is 10.6 Å². The van der Waals surface area contributed by atoms with Crippen molar-refractivity contribution in [2.45, 2.75) is 38.6 Å². The maximum Gasteiger partial charge on any atom is 0.326 e. The average Bonchev–Trinajstić information content (AvgIpc) is 2.97. The quantitative estimate of drug-likeness (QED) is 0.592. The van der Waals surface area contributed by atoms with Gasteiger partial charge in [-0.2, -0.15) is 0 Å². The fourth-order valence-corrected chi connectivity index (χ4v) is 1.76. The number of carbonyl (C=O) groups is 3. The van der Waals surface area contributed by atoms with Gasteiger partial charge >= 0.3 is 5.97 Å². The van der Waals surface area contributed by atoms with E-state index in [9.17, 15) is 14.4 Å². The van der Waals surface area contributed by atoms with Crippen molar-refractivity contribution >= 4 is 17.8 Å². The maximum atomic E-state index is 11.6. The minimum Gasteiger partial charge on any atom is -0.480 e. The fourth-order valence-electron chi connectivity index (χ4n) is 1.76. The van der Waals surface area contributed by atoms with Gasteiger partial charge in [-0.15, -0.1) is 0 Å². The van der Waals surface area contributed by atoms with Gasteiger partial charge in [-0.25, -0.2) is 4.79 Å². The van der Waals surface area contributed by atoms with Crippen LogP contribution in [0.5, 0.6) is 0 Å². The summed E-state index contributed by atoms with van der Waals surface area (Å²) in [7, 11) is 0. The molecule has 0 fully saturated rings. The maximum absolute atomic E-state index is 11.6. The topological polar surface area (TPSA) is 109 Å². The van der Waals surface area contributed by atoms with Crippen LogP contribution in [-0.4, -0.2) is 35.5 Å². The van der Waals surface area contributed by atoms with Crippen LogP contribution in [0.3, 0.4) is 0 Å². The van der Waals surface area contributed by atoms with Gasteiger partial charge in [0.1, 0.15) is 6.04 Å². The molecule has 21 heavy (non-hydrogen) atoms. The number of furan rings is 1. The molecule has 0 aliphatic carbocycles. The van der Waals surface area contributed by atoms with Crippen molar-refractivity contribution < 1.29 is 23.9 Å². The van der Waals surface area contributed by atoms with Crippen molar-refractivity contribution in [3.05, 3.63) is 24.2 Å². The van der Waals surface area contributed by atoms with E-state index < -0.39 is 12.0 Å². The number of rotatable bonds is 9. The van der Waals surface area contributed by atoms with E-state index in [1.165, 1.54) is 6.26 Å². The molecule has 0 aliphatic rings. The number of carbonyl (C=O) groups excluding carboxylic acids is 2. The van der Waals surface area contributed by atoms with E-state index in [4.69, 9.17) is 9.52 Å². The summed E-state index contributed by atoms with van der Waals surface area (Å²) in [4.78, 5) is 34.0. The van der Waals surface area contributed by atoms with Crippen LogP contribution in [0.25, 0.3) is 0 Å². The zero-order valence-electron chi connectivity index (χ0n) is 11.9. The molecule has 1 heterocycles. The molecule has 0 bridgehead atoms. The predicted octanol–water partition coefficient (Wildman–Crippen LogP) is 1.16. The highest BCUT2D eigenvalue weighted by atomic mass is 16.4. The van der Waals surface area contributed by atoms with E-state index in [1.54, 1.807) is 12.1 Å². The van der Waals surface area contributed by atoms with Gasteiger partial charge in [-0.3, -0.25) is 9.59 Å². The summed E-state index contributed by atoms with van der Waals surface area (Å²) in [6.07, 6.45) is 3.07. The molecule has 0 spiro atoms. The van der Waals surface area contributed by atoms with Gasteiger partial charge in [-0.05, 0) is 25.0 Å². The first-order valence-electron chi connectivity index (χ1n) is 6.88. The van der Waals surface area contributed by atoms with Gasteiger partial charge in [0, 0.05) is 13.0 Å². The highest BCUT2D eigenvalue weighted by molar-refractivity contribution is 5.91. The van der Waals surface area contributed by atoms with Crippen molar-refractivity contribution in [2.24, 2.45) is 0 Å².